The summed E-state index contributed by atoms with van der Waals surface area (Å²) >= 11 is 12.5. The van der Waals surface area contributed by atoms with Crippen LogP contribution in [0.4, 0.5) is 0 Å². The van der Waals surface area contributed by atoms with E-state index in [0.29, 0.717) is 28.5 Å². The Hall–Kier alpha value is -0.813. The van der Waals surface area contributed by atoms with Crippen molar-refractivity contribution in [2.24, 2.45) is 0 Å². The minimum Gasteiger partial charge on any atom is -0.495 e. The number of carbonyl (C=O) groups is 1. The number of benzene rings is 1. The molecule has 0 aliphatic carbocycles. The van der Waals surface area contributed by atoms with E-state index < -0.39 is 13.9 Å². The molecule has 0 saturated carbocycles. The number of carbonyl (C=O) groups excluding carboxylic acids is 1. The van der Waals surface area contributed by atoms with Crippen LogP contribution in [0.25, 0.3) is 0 Å². The van der Waals surface area contributed by atoms with Gasteiger partial charge in [0.05, 0.1) is 21.9 Å². The predicted molar refractivity (Wildman–Crippen MR) is 96.9 cm³/mol. The van der Waals surface area contributed by atoms with Gasteiger partial charge in [0.1, 0.15) is 6.10 Å². The quantitative estimate of drug-likeness (QED) is 0.506. The Kier molecular flexibility index (Phi) is 5.62. The smallest absolute Gasteiger partial charge is 0.200 e. The van der Waals surface area contributed by atoms with Gasteiger partial charge in [-0.2, -0.15) is 0 Å². The molecule has 0 spiro atoms. The Morgan fingerprint density at radius 2 is 1.96 bits per heavy atom. The van der Waals surface area contributed by atoms with Gasteiger partial charge in [-0.15, -0.1) is 0 Å². The summed E-state index contributed by atoms with van der Waals surface area (Å²) in [4.78, 5) is 13.4. The number of rotatable bonds is 5. The molecular weight excluding hydrogens is 351 g/mol. The van der Waals surface area contributed by atoms with E-state index >= 15 is 0 Å². The van der Waals surface area contributed by atoms with Crippen LogP contribution < -0.4 is 0 Å². The number of Topliss-reactive ketones (excluding diaryl/α,β-unsaturated/α-hetero) is 1. The van der Waals surface area contributed by atoms with Crippen molar-refractivity contribution in [2.45, 2.75) is 51.1 Å². The first-order valence-corrected chi connectivity index (χ1v) is 11.9. The molecule has 23 heavy (non-hydrogen) atoms. The molecule has 1 aromatic rings. The lowest BCUT2D eigenvalue weighted by molar-refractivity contribution is -0.0544. The molecule has 2 atom stereocenters. The molecule has 0 N–H and O–H groups in total. The maximum Gasteiger partial charge on any atom is 0.200 e. The van der Waals surface area contributed by atoms with Gasteiger partial charge in [-0.25, -0.2) is 0 Å². The Labute approximate surface area is 148 Å². The standard InChI is InChI=1S/C17H22Cl2O3Si/c1-5-14-17(10-7-11-21-14,22-23(2,3)4)16(20)15-12(18)8-6-9-13(15)19/h6-9,11,14H,5,10H2,1-4H3. The van der Waals surface area contributed by atoms with E-state index in [4.69, 9.17) is 32.4 Å². The highest BCUT2D eigenvalue weighted by molar-refractivity contribution is 6.70. The molecule has 126 valence electrons. The fraction of sp³-hybridized carbons (Fsp3) is 0.471. The Balaban J connectivity index is 2.58. The lowest BCUT2D eigenvalue weighted by Gasteiger charge is -2.44. The van der Waals surface area contributed by atoms with Gasteiger partial charge >= 0.3 is 0 Å². The van der Waals surface area contributed by atoms with Crippen molar-refractivity contribution < 1.29 is 14.0 Å². The molecule has 1 aliphatic heterocycles. The number of hydrogen-bond acceptors (Lipinski definition) is 3. The van der Waals surface area contributed by atoms with E-state index in [1.807, 2.05) is 13.0 Å². The van der Waals surface area contributed by atoms with Crippen LogP contribution in [0.3, 0.4) is 0 Å². The molecule has 0 bridgehead atoms. The Morgan fingerprint density at radius 1 is 1.35 bits per heavy atom. The first-order valence-electron chi connectivity index (χ1n) is 7.70. The number of ether oxygens (including phenoxy) is 1. The predicted octanol–water partition coefficient (Wildman–Crippen LogP) is 5.48. The maximum atomic E-state index is 13.4. The van der Waals surface area contributed by atoms with Crippen molar-refractivity contribution in [1.82, 2.24) is 0 Å². The SMILES string of the molecule is CCC1OC=CCC1(O[Si](C)(C)C)C(=O)c1c(Cl)cccc1Cl. The third-order valence-electron chi connectivity index (χ3n) is 3.71. The van der Waals surface area contributed by atoms with Crippen molar-refractivity contribution in [3.05, 3.63) is 46.1 Å². The van der Waals surface area contributed by atoms with E-state index in [2.05, 4.69) is 19.6 Å². The molecule has 1 aromatic carbocycles. The van der Waals surface area contributed by atoms with E-state index in [-0.39, 0.29) is 11.9 Å². The summed E-state index contributed by atoms with van der Waals surface area (Å²) in [6.07, 6.45) is 4.22. The molecule has 0 fully saturated rings. The molecule has 6 heteroatoms. The van der Waals surface area contributed by atoms with Crippen LogP contribution in [0.15, 0.2) is 30.5 Å². The van der Waals surface area contributed by atoms with Crippen molar-refractivity contribution in [1.29, 1.82) is 0 Å². The van der Waals surface area contributed by atoms with E-state index in [1.165, 1.54) is 0 Å². The summed E-state index contributed by atoms with van der Waals surface area (Å²) in [5.41, 5.74) is -0.769. The van der Waals surface area contributed by atoms with Gasteiger partial charge in [0.25, 0.3) is 0 Å². The number of halogens is 2. The van der Waals surface area contributed by atoms with Crippen LogP contribution in [-0.2, 0) is 9.16 Å². The first-order chi connectivity index (χ1) is 10.7. The van der Waals surface area contributed by atoms with Gasteiger partial charge in [0, 0.05) is 6.42 Å². The van der Waals surface area contributed by atoms with Crippen LogP contribution in [0.5, 0.6) is 0 Å². The summed E-state index contributed by atoms with van der Waals surface area (Å²) < 4.78 is 12.1. The van der Waals surface area contributed by atoms with Gasteiger partial charge in [0.15, 0.2) is 13.9 Å². The maximum absolute atomic E-state index is 13.4. The average molecular weight is 373 g/mol. The molecule has 2 unspecified atom stereocenters. The topological polar surface area (TPSA) is 35.5 Å². The van der Waals surface area contributed by atoms with Crippen molar-refractivity contribution >= 4 is 37.3 Å². The largest absolute Gasteiger partial charge is 0.495 e. The van der Waals surface area contributed by atoms with Crippen LogP contribution in [0.2, 0.25) is 29.7 Å². The van der Waals surface area contributed by atoms with Crippen LogP contribution in [0, 0.1) is 0 Å². The summed E-state index contributed by atoms with van der Waals surface area (Å²) in [7, 11) is -2.03. The molecule has 2 rings (SSSR count). The number of ketones is 1. The van der Waals surface area contributed by atoms with Crippen molar-refractivity contribution in [2.75, 3.05) is 0 Å². The molecule has 1 aliphatic rings. The molecule has 0 saturated heterocycles. The molecule has 3 nitrogen and oxygen atoms in total. The first kappa shape index (κ1) is 18.5. The van der Waals surface area contributed by atoms with Crippen LogP contribution in [0.1, 0.15) is 30.1 Å². The fourth-order valence-electron chi connectivity index (χ4n) is 2.91. The van der Waals surface area contributed by atoms with E-state index in [1.54, 1.807) is 24.5 Å². The highest BCUT2D eigenvalue weighted by Gasteiger charge is 2.51. The lowest BCUT2D eigenvalue weighted by Crippen LogP contribution is -2.57. The minimum absolute atomic E-state index is 0.202. The summed E-state index contributed by atoms with van der Waals surface area (Å²) in [6, 6.07) is 5.06. The van der Waals surface area contributed by atoms with Crippen molar-refractivity contribution in [3.63, 3.8) is 0 Å². The second-order valence-corrected chi connectivity index (χ2v) is 11.9. The van der Waals surface area contributed by atoms with E-state index in [9.17, 15) is 4.79 Å². The third kappa shape index (κ3) is 3.82. The monoisotopic (exact) mass is 372 g/mol. The Morgan fingerprint density at radius 3 is 2.48 bits per heavy atom. The zero-order valence-electron chi connectivity index (χ0n) is 13.9. The highest BCUT2D eigenvalue weighted by atomic mass is 35.5. The molecular formula is C17H22Cl2O3Si. The molecule has 1 heterocycles. The fourth-order valence-corrected chi connectivity index (χ4v) is 4.88. The van der Waals surface area contributed by atoms with Crippen LogP contribution in [-0.4, -0.2) is 25.8 Å². The summed E-state index contributed by atoms with van der Waals surface area (Å²) in [6.45, 7) is 8.15. The minimum atomic E-state index is -2.03. The lowest BCUT2D eigenvalue weighted by atomic mass is 9.82. The molecule has 0 aromatic heterocycles. The zero-order valence-corrected chi connectivity index (χ0v) is 16.4. The van der Waals surface area contributed by atoms with Gasteiger partial charge in [-0.05, 0) is 44.3 Å². The normalized spacial score (nSPS) is 24.3. The second kappa shape index (κ2) is 6.97. The van der Waals surface area contributed by atoms with E-state index in [0.717, 1.165) is 0 Å². The van der Waals surface area contributed by atoms with Gasteiger partial charge in [-0.3, -0.25) is 4.79 Å². The summed E-state index contributed by atoms with van der Waals surface area (Å²) in [5, 5.41) is 0.677. The van der Waals surface area contributed by atoms with Crippen molar-refractivity contribution in [3.8, 4) is 0 Å². The Bertz CT molecular complexity index is 605. The zero-order chi connectivity index (χ0) is 17.3. The average Bonchev–Trinajstić information content (AvgIpc) is 2.45. The molecule has 0 radical (unpaired) electrons. The summed E-state index contributed by atoms with van der Waals surface area (Å²) in [5.74, 6) is -0.202. The van der Waals surface area contributed by atoms with Crippen LogP contribution >= 0.6 is 23.2 Å². The molecule has 0 amide bonds. The van der Waals surface area contributed by atoms with Gasteiger partial charge in [0.2, 0.25) is 5.78 Å². The second-order valence-electron chi connectivity index (χ2n) is 6.64. The number of hydrogen-bond donors (Lipinski definition) is 0. The van der Waals surface area contributed by atoms with Gasteiger partial charge < -0.3 is 9.16 Å². The highest BCUT2D eigenvalue weighted by Crippen LogP contribution is 2.39. The third-order valence-corrected chi connectivity index (χ3v) is 5.32. The van der Waals surface area contributed by atoms with Gasteiger partial charge in [-0.1, -0.05) is 36.2 Å².